The lowest BCUT2D eigenvalue weighted by atomic mass is 9.81. The Kier molecular flexibility index (Phi) is 7.68. The lowest BCUT2D eigenvalue weighted by Crippen LogP contribution is -2.51. The molecular formula is C18H34N2O5. The van der Waals surface area contributed by atoms with Crippen molar-refractivity contribution >= 4 is 12.1 Å². The van der Waals surface area contributed by atoms with Gasteiger partial charge in [-0.3, -0.25) is 4.79 Å². The first-order valence-electron chi connectivity index (χ1n) is 9.06. The van der Waals surface area contributed by atoms with Gasteiger partial charge in [0.05, 0.1) is 19.1 Å². The van der Waals surface area contributed by atoms with Crippen molar-refractivity contribution in [2.24, 2.45) is 23.5 Å². The number of alkyl carbamates (subject to hydrolysis) is 1. The Morgan fingerprint density at radius 1 is 1.28 bits per heavy atom. The summed E-state index contributed by atoms with van der Waals surface area (Å²) in [7, 11) is 1.29. The van der Waals surface area contributed by atoms with Gasteiger partial charge >= 0.3 is 12.1 Å². The van der Waals surface area contributed by atoms with Crippen molar-refractivity contribution < 1.29 is 24.2 Å². The van der Waals surface area contributed by atoms with Crippen LogP contribution in [0.3, 0.4) is 0 Å². The second-order valence-corrected chi connectivity index (χ2v) is 7.84. The first-order valence-corrected chi connectivity index (χ1v) is 9.06. The highest BCUT2D eigenvalue weighted by Gasteiger charge is 2.50. The normalized spacial score (nSPS) is 27.9. The van der Waals surface area contributed by atoms with Crippen LogP contribution in [0, 0.1) is 17.8 Å². The minimum Gasteiger partial charge on any atom is -0.469 e. The molecule has 0 unspecified atom stereocenters. The zero-order valence-corrected chi connectivity index (χ0v) is 16.2. The van der Waals surface area contributed by atoms with Crippen molar-refractivity contribution in [3.8, 4) is 0 Å². The Bertz CT molecular complexity index is 459. The number of carbonyl (C=O) groups is 2. The van der Waals surface area contributed by atoms with E-state index in [0.29, 0.717) is 0 Å². The Labute approximate surface area is 150 Å². The van der Waals surface area contributed by atoms with Gasteiger partial charge in [0.1, 0.15) is 5.60 Å². The lowest BCUT2D eigenvalue weighted by Gasteiger charge is -2.33. The van der Waals surface area contributed by atoms with Gasteiger partial charge < -0.3 is 25.6 Å². The fourth-order valence-electron chi connectivity index (χ4n) is 3.72. The van der Waals surface area contributed by atoms with E-state index in [-0.39, 0.29) is 18.4 Å². The maximum absolute atomic E-state index is 12.2. The number of esters is 1. The van der Waals surface area contributed by atoms with Crippen LogP contribution >= 0.6 is 0 Å². The van der Waals surface area contributed by atoms with E-state index in [4.69, 9.17) is 15.2 Å². The second-order valence-electron chi connectivity index (χ2n) is 7.84. The van der Waals surface area contributed by atoms with E-state index in [1.165, 1.54) is 7.11 Å². The number of amides is 1. The maximum Gasteiger partial charge on any atom is 0.407 e. The average Bonchev–Trinajstić information content (AvgIpc) is 2.81. The molecule has 0 heterocycles. The predicted molar refractivity (Wildman–Crippen MR) is 94.8 cm³/mol. The van der Waals surface area contributed by atoms with Gasteiger partial charge in [-0.15, -0.1) is 0 Å². The minimum absolute atomic E-state index is 0.194. The maximum atomic E-state index is 12.2. The Hall–Kier alpha value is -1.34. The molecule has 0 aromatic heterocycles. The summed E-state index contributed by atoms with van der Waals surface area (Å²) < 4.78 is 10.1. The molecule has 1 saturated carbocycles. The van der Waals surface area contributed by atoms with Gasteiger partial charge in [0.15, 0.2) is 0 Å². The first-order chi connectivity index (χ1) is 11.6. The van der Waals surface area contributed by atoms with E-state index in [1.807, 2.05) is 13.8 Å². The van der Waals surface area contributed by atoms with Crippen molar-refractivity contribution in [2.45, 2.75) is 77.7 Å². The van der Waals surface area contributed by atoms with Crippen LogP contribution in [0.4, 0.5) is 4.79 Å². The number of ether oxygens (including phenoxy) is 2. The van der Waals surface area contributed by atoms with E-state index in [0.717, 1.165) is 12.8 Å². The molecule has 0 aromatic carbocycles. The van der Waals surface area contributed by atoms with E-state index in [2.05, 4.69) is 5.32 Å². The molecule has 0 aliphatic heterocycles. The molecule has 0 spiro atoms. The summed E-state index contributed by atoms with van der Waals surface area (Å²) in [5, 5.41) is 13.5. The van der Waals surface area contributed by atoms with E-state index < -0.39 is 41.6 Å². The molecule has 0 bridgehead atoms. The molecule has 1 aliphatic rings. The topological polar surface area (TPSA) is 111 Å². The molecule has 4 N–H and O–H groups in total. The Balaban J connectivity index is 3.00. The molecule has 25 heavy (non-hydrogen) atoms. The van der Waals surface area contributed by atoms with Crippen LogP contribution in [0.1, 0.15) is 53.9 Å². The number of aliphatic hydroxyl groups is 1. The fourth-order valence-corrected chi connectivity index (χ4v) is 3.72. The largest absolute Gasteiger partial charge is 0.469 e. The number of methoxy groups -OCH3 is 1. The molecule has 1 fully saturated rings. The lowest BCUT2D eigenvalue weighted by molar-refractivity contribution is -0.149. The number of carbonyl (C=O) groups excluding carboxylic acids is 2. The summed E-state index contributed by atoms with van der Waals surface area (Å²) in [5.74, 6) is -1.42. The number of nitrogens with two attached hydrogens (primary N) is 1. The molecular weight excluding hydrogens is 324 g/mol. The highest BCUT2D eigenvalue weighted by atomic mass is 16.6. The number of nitrogens with one attached hydrogen (secondary N) is 1. The zero-order valence-electron chi connectivity index (χ0n) is 16.2. The van der Waals surface area contributed by atoms with Crippen molar-refractivity contribution in [3.63, 3.8) is 0 Å². The van der Waals surface area contributed by atoms with E-state index in [9.17, 15) is 14.7 Å². The van der Waals surface area contributed by atoms with Crippen LogP contribution in [0.25, 0.3) is 0 Å². The molecule has 7 heteroatoms. The van der Waals surface area contributed by atoms with Gasteiger partial charge in [0.25, 0.3) is 0 Å². The first kappa shape index (κ1) is 21.7. The van der Waals surface area contributed by atoms with E-state index in [1.54, 1.807) is 20.8 Å². The van der Waals surface area contributed by atoms with Crippen LogP contribution in [0.5, 0.6) is 0 Å². The average molecular weight is 358 g/mol. The number of rotatable bonds is 6. The van der Waals surface area contributed by atoms with Gasteiger partial charge in [-0.1, -0.05) is 26.7 Å². The molecule has 1 aliphatic carbocycles. The third-order valence-electron chi connectivity index (χ3n) is 5.02. The van der Waals surface area contributed by atoms with Gasteiger partial charge in [-0.05, 0) is 33.1 Å². The van der Waals surface area contributed by atoms with Gasteiger partial charge in [-0.2, -0.15) is 0 Å². The monoisotopic (exact) mass is 358 g/mol. The summed E-state index contributed by atoms with van der Waals surface area (Å²) in [6, 6.07) is -0.774. The number of hydrogen-bond donors (Lipinski definition) is 3. The van der Waals surface area contributed by atoms with Gasteiger partial charge in [0.2, 0.25) is 0 Å². The highest BCUT2D eigenvalue weighted by Crippen LogP contribution is 2.37. The molecule has 146 valence electrons. The van der Waals surface area contributed by atoms with Crippen molar-refractivity contribution in [3.05, 3.63) is 0 Å². The van der Waals surface area contributed by atoms with Crippen LogP contribution in [0.15, 0.2) is 0 Å². The van der Waals surface area contributed by atoms with Gasteiger partial charge in [0, 0.05) is 18.0 Å². The van der Waals surface area contributed by atoms with Crippen LogP contribution < -0.4 is 11.1 Å². The summed E-state index contributed by atoms with van der Waals surface area (Å²) in [6.45, 7) is 9.43. The number of aliphatic hydroxyl groups excluding tert-OH is 1. The summed E-state index contributed by atoms with van der Waals surface area (Å²) in [6.07, 6.45) is 0.484. The molecule has 5 atom stereocenters. The fraction of sp³-hybridized carbons (Fsp3) is 0.889. The molecule has 0 radical (unpaired) electrons. The standard InChI is InChI=1S/C18H34N2O5/c1-7-10(8-2)14(19)13-12(20-17(23)25-18(3,4)5)9-11(15(13)21)16(22)24-6/h10-15,21H,7-9,19H2,1-6H3,(H,20,23)/t11-,12-,13-,14+,15-/m1/s1. The Morgan fingerprint density at radius 2 is 1.84 bits per heavy atom. The molecule has 0 saturated heterocycles. The van der Waals surface area contributed by atoms with Crippen LogP contribution in [-0.2, 0) is 14.3 Å². The SMILES string of the molecule is CCC(CC)[C@H](N)[C@@H]1[C@H](O)[C@H](C(=O)OC)C[C@H]1NC(=O)OC(C)(C)C. The Morgan fingerprint density at radius 3 is 2.28 bits per heavy atom. The minimum atomic E-state index is -0.956. The summed E-state index contributed by atoms with van der Waals surface area (Å²) >= 11 is 0. The summed E-state index contributed by atoms with van der Waals surface area (Å²) in [5.41, 5.74) is 5.80. The summed E-state index contributed by atoms with van der Waals surface area (Å²) in [4.78, 5) is 24.2. The molecule has 7 nitrogen and oxygen atoms in total. The van der Waals surface area contributed by atoms with Crippen molar-refractivity contribution in [1.82, 2.24) is 5.32 Å². The smallest absolute Gasteiger partial charge is 0.407 e. The highest BCUT2D eigenvalue weighted by molar-refractivity contribution is 5.74. The van der Waals surface area contributed by atoms with Crippen LogP contribution in [0.2, 0.25) is 0 Å². The number of hydrogen-bond acceptors (Lipinski definition) is 6. The van der Waals surface area contributed by atoms with Crippen LogP contribution in [-0.4, -0.2) is 48.1 Å². The third-order valence-corrected chi connectivity index (χ3v) is 5.02. The van der Waals surface area contributed by atoms with Gasteiger partial charge in [-0.25, -0.2) is 4.79 Å². The predicted octanol–water partition coefficient (Wildman–Crippen LogP) is 1.81. The molecule has 1 amide bonds. The van der Waals surface area contributed by atoms with Crippen molar-refractivity contribution in [2.75, 3.05) is 7.11 Å². The quantitative estimate of drug-likeness (QED) is 0.625. The molecule has 1 rings (SSSR count). The zero-order chi connectivity index (χ0) is 19.4. The third kappa shape index (κ3) is 5.57. The molecule has 0 aromatic rings. The van der Waals surface area contributed by atoms with E-state index >= 15 is 0 Å². The van der Waals surface area contributed by atoms with Crippen molar-refractivity contribution in [1.29, 1.82) is 0 Å². The second kappa shape index (κ2) is 8.85.